The van der Waals surface area contributed by atoms with Gasteiger partial charge in [0.25, 0.3) is 0 Å². The molecule has 76 valence electrons. The molecule has 0 bridgehead atoms. The van der Waals surface area contributed by atoms with Crippen LogP contribution in [0.4, 0.5) is 0 Å². The van der Waals surface area contributed by atoms with Gasteiger partial charge in [0.2, 0.25) is 0 Å². The van der Waals surface area contributed by atoms with Crippen LogP contribution in [0.2, 0.25) is 5.02 Å². The smallest absolute Gasteiger partial charge is 0.0918 e. The van der Waals surface area contributed by atoms with Crippen molar-refractivity contribution >= 4 is 34.2 Å². The Morgan fingerprint density at radius 3 is 2.86 bits per heavy atom. The second-order valence-corrected chi connectivity index (χ2v) is 4.85. The predicted octanol–water partition coefficient (Wildman–Crippen LogP) is 4.00. The second kappa shape index (κ2) is 4.81. The molecule has 0 heterocycles. The van der Waals surface area contributed by atoms with Crippen LogP contribution in [0.25, 0.3) is 0 Å². The second-order valence-electron chi connectivity index (χ2n) is 3.53. The lowest BCUT2D eigenvalue weighted by atomic mass is 10.1. The molecule has 0 radical (unpaired) electrons. The number of benzene rings is 1. The average molecular weight is 323 g/mol. The molecule has 1 aliphatic carbocycles. The van der Waals surface area contributed by atoms with Gasteiger partial charge in [0.15, 0.2) is 0 Å². The van der Waals surface area contributed by atoms with Gasteiger partial charge in [0.1, 0.15) is 0 Å². The third kappa shape index (κ3) is 2.84. The maximum Gasteiger partial charge on any atom is 0.0918 e. The number of hydrogen-bond acceptors (Lipinski definition) is 1. The average Bonchev–Trinajstić information content (AvgIpc) is 2.98. The molecule has 2 rings (SSSR count). The highest BCUT2D eigenvalue weighted by molar-refractivity contribution is 14.1. The molecule has 0 N–H and O–H groups in total. The molecule has 0 saturated heterocycles. The van der Waals surface area contributed by atoms with Gasteiger partial charge in [-0.2, -0.15) is 0 Å². The fourth-order valence-corrected chi connectivity index (χ4v) is 2.26. The summed E-state index contributed by atoms with van der Waals surface area (Å²) in [5, 5.41) is 0.789. The molecular weight excluding hydrogens is 310 g/mol. The highest BCUT2D eigenvalue weighted by Crippen LogP contribution is 2.32. The molecular formula is C11H12ClIO. The van der Waals surface area contributed by atoms with Crippen molar-refractivity contribution < 1.29 is 4.74 Å². The number of rotatable bonds is 4. The summed E-state index contributed by atoms with van der Waals surface area (Å²) in [6.07, 6.45) is 3.14. The Labute approximate surface area is 103 Å². The van der Waals surface area contributed by atoms with Crippen LogP contribution in [-0.2, 0) is 4.74 Å². The van der Waals surface area contributed by atoms with Crippen LogP contribution in [0.1, 0.15) is 24.5 Å². The normalized spacial score (nSPS) is 18.1. The van der Waals surface area contributed by atoms with Crippen molar-refractivity contribution in [2.24, 2.45) is 0 Å². The van der Waals surface area contributed by atoms with Gasteiger partial charge in [-0.25, -0.2) is 0 Å². The zero-order valence-corrected chi connectivity index (χ0v) is 10.7. The quantitative estimate of drug-likeness (QED) is 0.601. The van der Waals surface area contributed by atoms with Gasteiger partial charge in [0.05, 0.1) is 12.2 Å². The van der Waals surface area contributed by atoms with E-state index < -0.39 is 0 Å². The number of halogens is 2. The maximum absolute atomic E-state index is 5.94. The van der Waals surface area contributed by atoms with E-state index in [9.17, 15) is 0 Å². The van der Waals surface area contributed by atoms with E-state index in [-0.39, 0.29) is 6.10 Å². The van der Waals surface area contributed by atoms with Crippen LogP contribution in [0.3, 0.4) is 0 Å². The topological polar surface area (TPSA) is 9.23 Å². The van der Waals surface area contributed by atoms with E-state index in [1.807, 2.05) is 18.2 Å². The van der Waals surface area contributed by atoms with E-state index >= 15 is 0 Å². The first-order valence-corrected chi connectivity index (χ1v) is 6.67. The van der Waals surface area contributed by atoms with Crippen LogP contribution in [-0.4, -0.2) is 10.5 Å². The number of ether oxygens (including phenoxy) is 1. The highest BCUT2D eigenvalue weighted by Gasteiger charge is 2.26. The van der Waals surface area contributed by atoms with Gasteiger partial charge >= 0.3 is 0 Å². The van der Waals surface area contributed by atoms with E-state index in [2.05, 4.69) is 28.7 Å². The summed E-state index contributed by atoms with van der Waals surface area (Å²) in [5.74, 6) is 0. The van der Waals surface area contributed by atoms with Crippen LogP contribution in [0, 0.1) is 0 Å². The molecule has 1 nitrogen and oxygen atoms in total. The zero-order chi connectivity index (χ0) is 9.97. The molecule has 1 atom stereocenters. The highest BCUT2D eigenvalue weighted by atomic mass is 127. The van der Waals surface area contributed by atoms with Crippen molar-refractivity contribution in [2.75, 3.05) is 4.43 Å². The maximum atomic E-state index is 5.94. The monoisotopic (exact) mass is 322 g/mol. The van der Waals surface area contributed by atoms with Crippen LogP contribution in [0.5, 0.6) is 0 Å². The van der Waals surface area contributed by atoms with Gasteiger partial charge in [-0.1, -0.05) is 46.3 Å². The molecule has 1 aliphatic rings. The minimum atomic E-state index is 0.210. The Bertz CT molecular complexity index is 312. The summed E-state index contributed by atoms with van der Waals surface area (Å²) in [6, 6.07) is 7.95. The van der Waals surface area contributed by atoms with Gasteiger partial charge < -0.3 is 4.74 Å². The molecule has 0 spiro atoms. The van der Waals surface area contributed by atoms with Gasteiger partial charge in [-0.15, -0.1) is 0 Å². The van der Waals surface area contributed by atoms with Crippen LogP contribution >= 0.6 is 34.2 Å². The fourth-order valence-electron chi connectivity index (χ4n) is 1.35. The Kier molecular flexibility index (Phi) is 3.68. The van der Waals surface area contributed by atoms with E-state index in [0.29, 0.717) is 6.10 Å². The molecule has 1 aromatic rings. The molecule has 1 unspecified atom stereocenters. The molecule has 0 aliphatic heterocycles. The van der Waals surface area contributed by atoms with Crippen molar-refractivity contribution in [3.63, 3.8) is 0 Å². The number of hydrogen-bond donors (Lipinski definition) is 0. The molecule has 0 amide bonds. The Morgan fingerprint density at radius 1 is 1.50 bits per heavy atom. The number of alkyl halides is 1. The molecule has 1 saturated carbocycles. The summed E-state index contributed by atoms with van der Waals surface area (Å²) in [7, 11) is 0. The molecule has 14 heavy (non-hydrogen) atoms. The Hall–Kier alpha value is 0.200. The summed E-state index contributed by atoms with van der Waals surface area (Å²) in [4.78, 5) is 0. The Balaban J connectivity index is 2.08. The van der Waals surface area contributed by atoms with Crippen LogP contribution in [0.15, 0.2) is 24.3 Å². The zero-order valence-electron chi connectivity index (χ0n) is 7.75. The molecule has 0 aromatic heterocycles. The van der Waals surface area contributed by atoms with Gasteiger partial charge in [-0.3, -0.25) is 0 Å². The summed E-state index contributed by atoms with van der Waals surface area (Å²) < 4.78 is 6.87. The van der Waals surface area contributed by atoms with Gasteiger partial charge in [0, 0.05) is 9.45 Å². The van der Waals surface area contributed by atoms with Crippen molar-refractivity contribution in [1.29, 1.82) is 0 Å². The molecule has 1 aromatic carbocycles. The minimum absolute atomic E-state index is 0.210. The fraction of sp³-hybridized carbons (Fsp3) is 0.455. The van der Waals surface area contributed by atoms with E-state index in [1.54, 1.807) is 0 Å². The first kappa shape index (κ1) is 10.7. The van der Waals surface area contributed by atoms with Crippen LogP contribution < -0.4 is 0 Å². The molecule has 3 heteroatoms. The van der Waals surface area contributed by atoms with E-state index in [4.69, 9.17) is 16.3 Å². The predicted molar refractivity (Wildman–Crippen MR) is 67.2 cm³/mol. The van der Waals surface area contributed by atoms with E-state index in [1.165, 1.54) is 18.4 Å². The third-order valence-corrected chi connectivity index (χ3v) is 3.28. The SMILES string of the molecule is Clc1cccc(C(CI)OC2CC2)c1. The van der Waals surface area contributed by atoms with Crippen molar-refractivity contribution in [2.45, 2.75) is 25.0 Å². The minimum Gasteiger partial charge on any atom is -0.369 e. The van der Waals surface area contributed by atoms with Crippen molar-refractivity contribution in [3.8, 4) is 0 Å². The summed E-state index contributed by atoms with van der Waals surface area (Å²) >= 11 is 8.30. The summed E-state index contributed by atoms with van der Waals surface area (Å²) in [6.45, 7) is 0. The standard InChI is InChI=1S/C11H12ClIO/c12-9-3-1-2-8(6-9)11(7-13)14-10-4-5-10/h1-3,6,10-11H,4-5,7H2. The first-order valence-electron chi connectivity index (χ1n) is 4.76. The van der Waals surface area contributed by atoms with Crippen molar-refractivity contribution in [3.05, 3.63) is 34.9 Å². The molecule has 1 fully saturated rings. The lowest BCUT2D eigenvalue weighted by Crippen LogP contribution is -2.07. The Morgan fingerprint density at radius 2 is 2.29 bits per heavy atom. The lowest BCUT2D eigenvalue weighted by Gasteiger charge is -2.15. The third-order valence-electron chi connectivity index (χ3n) is 2.24. The van der Waals surface area contributed by atoms with Crippen molar-refractivity contribution in [1.82, 2.24) is 0 Å². The first-order chi connectivity index (χ1) is 6.79. The van der Waals surface area contributed by atoms with Gasteiger partial charge in [-0.05, 0) is 30.5 Å². The largest absolute Gasteiger partial charge is 0.369 e. The lowest BCUT2D eigenvalue weighted by molar-refractivity contribution is 0.0570. The van der Waals surface area contributed by atoms with E-state index in [0.717, 1.165) is 9.45 Å². The summed E-state index contributed by atoms with van der Waals surface area (Å²) in [5.41, 5.74) is 1.19.